The summed E-state index contributed by atoms with van der Waals surface area (Å²) in [5.41, 5.74) is 14.3. The van der Waals surface area contributed by atoms with Crippen LogP contribution in [-0.2, 0) is 5.41 Å². The van der Waals surface area contributed by atoms with Crippen LogP contribution in [0.3, 0.4) is 0 Å². The van der Waals surface area contributed by atoms with E-state index in [0.29, 0.717) is 0 Å². The zero-order chi connectivity index (χ0) is 24.6. The standard InChI is InChI=1S/C34H30N2/c1-21-12-17-30-27(18-21)26-10-7-11-29-32(26)28(20-35-29)33-25-9-6-5-8-23(25)19-31(36(30)33)22-13-15-24(16-14-22)34(2,3)4/h5-20,33,35H,1-4H3. The number of hydrogen-bond donors (Lipinski definition) is 1. The minimum absolute atomic E-state index is 0.0855. The van der Waals surface area contributed by atoms with Crippen molar-refractivity contribution in [1.82, 2.24) is 4.98 Å². The molecular formula is C34H30N2. The third-order valence-corrected chi connectivity index (χ3v) is 7.88. The van der Waals surface area contributed by atoms with Gasteiger partial charge in [0.05, 0.1) is 6.04 Å². The first-order valence-electron chi connectivity index (χ1n) is 12.8. The molecule has 5 aromatic rings. The van der Waals surface area contributed by atoms with Crippen molar-refractivity contribution >= 4 is 28.4 Å². The maximum Gasteiger partial charge on any atom is 0.0871 e. The molecule has 3 heterocycles. The third kappa shape index (κ3) is 3.04. The summed E-state index contributed by atoms with van der Waals surface area (Å²) in [5.74, 6) is 0. The molecule has 0 amide bonds. The molecule has 36 heavy (non-hydrogen) atoms. The minimum atomic E-state index is 0.0855. The number of nitrogens with one attached hydrogen (secondary N) is 1. The Hall–Kier alpha value is -4.04. The Bertz CT molecular complexity index is 1680. The van der Waals surface area contributed by atoms with Gasteiger partial charge in [0.15, 0.2) is 0 Å². The lowest BCUT2D eigenvalue weighted by molar-refractivity contribution is 0.590. The molecule has 1 atom stereocenters. The number of anilines is 1. The number of aromatic nitrogens is 1. The van der Waals surface area contributed by atoms with Crippen molar-refractivity contribution in [2.24, 2.45) is 0 Å². The number of nitrogens with zero attached hydrogens (tertiary/aromatic N) is 1. The van der Waals surface area contributed by atoms with Crippen LogP contribution in [0.5, 0.6) is 0 Å². The SMILES string of the molecule is Cc1ccc2c(c1)-c1cccc3[nH]cc(c13)C1c3ccccc3C=C(c3ccc(C(C)(C)C)cc3)N21. The summed E-state index contributed by atoms with van der Waals surface area (Å²) in [5, 5.41) is 1.33. The van der Waals surface area contributed by atoms with Crippen molar-refractivity contribution in [1.29, 1.82) is 0 Å². The Morgan fingerprint density at radius 3 is 2.39 bits per heavy atom. The van der Waals surface area contributed by atoms with Crippen LogP contribution in [0.4, 0.5) is 5.69 Å². The van der Waals surface area contributed by atoms with Gasteiger partial charge in [0.1, 0.15) is 0 Å². The molecule has 4 aromatic carbocycles. The summed E-state index contributed by atoms with van der Waals surface area (Å²) in [4.78, 5) is 6.16. The van der Waals surface area contributed by atoms with Crippen molar-refractivity contribution in [3.63, 3.8) is 0 Å². The molecule has 0 saturated heterocycles. The summed E-state index contributed by atoms with van der Waals surface area (Å²) in [7, 11) is 0. The fourth-order valence-electron chi connectivity index (χ4n) is 6.05. The molecule has 7 rings (SSSR count). The molecule has 2 aliphatic rings. The molecule has 0 aliphatic carbocycles. The van der Waals surface area contributed by atoms with Gasteiger partial charge in [0.2, 0.25) is 0 Å². The van der Waals surface area contributed by atoms with Gasteiger partial charge in [0, 0.05) is 39.6 Å². The van der Waals surface area contributed by atoms with E-state index in [1.165, 1.54) is 66.8 Å². The zero-order valence-electron chi connectivity index (χ0n) is 21.3. The Balaban J connectivity index is 1.56. The molecular weight excluding hydrogens is 436 g/mol. The number of fused-ring (bicyclic) bond motifs is 7. The van der Waals surface area contributed by atoms with Gasteiger partial charge in [-0.15, -0.1) is 0 Å². The first-order valence-corrected chi connectivity index (χ1v) is 12.8. The molecule has 1 aromatic heterocycles. The summed E-state index contributed by atoms with van der Waals surface area (Å²) in [6, 6.07) is 31.7. The van der Waals surface area contributed by atoms with Crippen molar-refractivity contribution in [3.05, 3.63) is 125 Å². The number of hydrogen-bond acceptors (Lipinski definition) is 1. The number of aromatic amines is 1. The van der Waals surface area contributed by atoms with E-state index in [1.54, 1.807) is 0 Å². The average molecular weight is 467 g/mol. The van der Waals surface area contributed by atoms with E-state index in [4.69, 9.17) is 0 Å². The number of H-pyrrole nitrogens is 1. The predicted octanol–water partition coefficient (Wildman–Crippen LogP) is 8.86. The maximum absolute atomic E-state index is 3.59. The second-order valence-electron chi connectivity index (χ2n) is 11.3. The highest BCUT2D eigenvalue weighted by molar-refractivity contribution is 6.07. The molecule has 0 saturated carbocycles. The monoisotopic (exact) mass is 466 g/mol. The Morgan fingerprint density at radius 1 is 0.778 bits per heavy atom. The molecule has 176 valence electrons. The first-order chi connectivity index (χ1) is 17.4. The van der Waals surface area contributed by atoms with Gasteiger partial charge in [-0.05, 0) is 64.4 Å². The normalized spacial score (nSPS) is 16.2. The molecule has 0 radical (unpaired) electrons. The molecule has 0 bridgehead atoms. The molecule has 1 unspecified atom stereocenters. The Morgan fingerprint density at radius 2 is 1.58 bits per heavy atom. The van der Waals surface area contributed by atoms with Crippen molar-refractivity contribution in [2.45, 2.75) is 39.2 Å². The summed E-state index contributed by atoms with van der Waals surface area (Å²) >= 11 is 0. The molecule has 2 heteroatoms. The van der Waals surface area contributed by atoms with Crippen LogP contribution in [0.25, 0.3) is 33.8 Å². The van der Waals surface area contributed by atoms with Gasteiger partial charge < -0.3 is 9.88 Å². The van der Waals surface area contributed by atoms with E-state index in [2.05, 4.69) is 135 Å². The van der Waals surface area contributed by atoms with E-state index in [9.17, 15) is 0 Å². The Kier molecular flexibility index (Phi) is 4.42. The van der Waals surface area contributed by atoms with Gasteiger partial charge in [-0.2, -0.15) is 0 Å². The smallest absolute Gasteiger partial charge is 0.0871 e. The van der Waals surface area contributed by atoms with E-state index in [-0.39, 0.29) is 11.5 Å². The van der Waals surface area contributed by atoms with E-state index in [1.807, 2.05) is 0 Å². The molecule has 0 spiro atoms. The number of benzene rings is 4. The molecule has 2 aliphatic heterocycles. The summed E-state index contributed by atoms with van der Waals surface area (Å²) in [6.07, 6.45) is 4.61. The lowest BCUT2D eigenvalue weighted by Crippen LogP contribution is -2.31. The first kappa shape index (κ1) is 21.3. The fourth-order valence-corrected chi connectivity index (χ4v) is 6.05. The van der Waals surface area contributed by atoms with E-state index in [0.717, 1.165) is 0 Å². The van der Waals surface area contributed by atoms with Crippen LogP contribution in [0.15, 0.2) is 91.1 Å². The van der Waals surface area contributed by atoms with Crippen LogP contribution in [0.1, 0.15) is 60.2 Å². The van der Waals surface area contributed by atoms with Crippen LogP contribution in [0, 0.1) is 6.92 Å². The maximum atomic E-state index is 3.59. The molecule has 1 N–H and O–H groups in total. The predicted molar refractivity (Wildman–Crippen MR) is 152 cm³/mol. The van der Waals surface area contributed by atoms with Gasteiger partial charge in [0.25, 0.3) is 0 Å². The van der Waals surface area contributed by atoms with E-state index < -0.39 is 0 Å². The van der Waals surface area contributed by atoms with Crippen LogP contribution >= 0.6 is 0 Å². The largest absolute Gasteiger partial charge is 0.361 e. The van der Waals surface area contributed by atoms with Gasteiger partial charge >= 0.3 is 0 Å². The fraction of sp³-hybridized carbons (Fsp3) is 0.176. The van der Waals surface area contributed by atoms with Gasteiger partial charge in [-0.3, -0.25) is 0 Å². The highest BCUT2D eigenvalue weighted by atomic mass is 15.2. The third-order valence-electron chi connectivity index (χ3n) is 7.88. The molecule has 2 nitrogen and oxygen atoms in total. The van der Waals surface area contributed by atoms with Crippen molar-refractivity contribution < 1.29 is 0 Å². The highest BCUT2D eigenvalue weighted by Gasteiger charge is 2.37. The summed E-state index contributed by atoms with van der Waals surface area (Å²) < 4.78 is 0. The minimum Gasteiger partial charge on any atom is -0.361 e. The second-order valence-corrected chi connectivity index (χ2v) is 11.3. The lowest BCUT2D eigenvalue weighted by Gasteiger charge is -2.40. The quantitative estimate of drug-likeness (QED) is 0.261. The van der Waals surface area contributed by atoms with Crippen molar-refractivity contribution in [2.75, 3.05) is 4.90 Å². The summed E-state index contributed by atoms with van der Waals surface area (Å²) in [6.45, 7) is 9.01. The highest BCUT2D eigenvalue weighted by Crippen LogP contribution is 2.53. The van der Waals surface area contributed by atoms with Crippen LogP contribution < -0.4 is 4.90 Å². The van der Waals surface area contributed by atoms with Crippen LogP contribution in [0.2, 0.25) is 0 Å². The average Bonchev–Trinajstić information content (AvgIpc) is 3.26. The van der Waals surface area contributed by atoms with Crippen LogP contribution in [-0.4, -0.2) is 4.98 Å². The van der Waals surface area contributed by atoms with Crippen molar-refractivity contribution in [3.8, 4) is 11.1 Å². The number of aryl methyl sites for hydroxylation is 1. The number of rotatable bonds is 1. The zero-order valence-corrected chi connectivity index (χ0v) is 21.3. The second kappa shape index (κ2) is 7.48. The van der Waals surface area contributed by atoms with Gasteiger partial charge in [-0.25, -0.2) is 0 Å². The Labute approximate surface area is 212 Å². The lowest BCUT2D eigenvalue weighted by atomic mass is 9.85. The van der Waals surface area contributed by atoms with E-state index >= 15 is 0 Å². The topological polar surface area (TPSA) is 19.0 Å². The van der Waals surface area contributed by atoms with Gasteiger partial charge in [-0.1, -0.05) is 93.1 Å². The molecule has 0 fully saturated rings.